The smallest absolute Gasteiger partial charge is 0.401 e. The lowest BCUT2D eigenvalue weighted by Gasteiger charge is -2.42. The van der Waals surface area contributed by atoms with Crippen molar-refractivity contribution in [2.24, 2.45) is 11.8 Å². The number of aromatic nitrogens is 6. The fourth-order valence-electron chi connectivity index (χ4n) is 12.6. The molecule has 432 valence electrons. The van der Waals surface area contributed by atoms with E-state index in [0.717, 1.165) is 109 Å². The summed E-state index contributed by atoms with van der Waals surface area (Å²) in [4.78, 5) is 16.4. The molecule has 6 aromatic rings. The van der Waals surface area contributed by atoms with Crippen molar-refractivity contribution in [2.45, 2.75) is 114 Å². The maximum Gasteiger partial charge on any atom is 0.401 e. The second kappa shape index (κ2) is 24.1. The number of benzene rings is 2. The number of hydrogen-bond donors (Lipinski definition) is 0. The first kappa shape index (κ1) is 56.3. The maximum atomic E-state index is 13.8. The van der Waals surface area contributed by atoms with Gasteiger partial charge in [-0.3, -0.25) is 38.3 Å². The molecule has 80 heavy (non-hydrogen) atoms. The maximum absolute atomic E-state index is 13.8. The molecule has 0 aliphatic carbocycles. The van der Waals surface area contributed by atoms with Crippen LogP contribution in [0, 0.1) is 11.8 Å². The molecule has 0 N–H and O–H groups in total. The minimum atomic E-state index is -4.35. The zero-order valence-electron chi connectivity index (χ0n) is 45.2. The van der Waals surface area contributed by atoms with Gasteiger partial charge in [-0.25, -0.2) is 9.36 Å². The van der Waals surface area contributed by atoms with Gasteiger partial charge >= 0.3 is 12.4 Å². The topological polar surface area (TPSA) is 111 Å². The molecule has 4 fully saturated rings. The van der Waals surface area contributed by atoms with Crippen LogP contribution in [0.15, 0.2) is 73.3 Å². The van der Waals surface area contributed by atoms with Gasteiger partial charge in [-0.05, 0) is 124 Å². The first-order valence-electron chi connectivity index (χ1n) is 28.2. The minimum absolute atomic E-state index is 0.115. The number of fused-ring (bicyclic) bond motifs is 6. The standard InChI is InChI=1S/2C29H35F4N5O2/c1-19-12-23-22(6-8-26-24(23)15-35-38(26)27-4-2-3-10-40-27)28(37(19)18-29(31,32)33)25-7-5-21(14-34-25)39-11-9-36-16-20(13-30)17-36;1-19-12-23-22(6-8-25-24(23)17-38(35-25)27-4-2-3-10-40-27)28(37(19)18-29(31,32)33)26-7-5-21(14-34-26)39-11-9-36-15-20(13-30)16-36/h5-8,14-15,19-20,27-28H,2-4,9-13,16-18H2,1H3;5-8,14,17,19-20,27-28H,2-4,9-13,15-16,18H2,1H3/t2*19-,27?,28+/m11/s1. The van der Waals surface area contributed by atoms with Crippen molar-refractivity contribution < 1.29 is 54.1 Å². The van der Waals surface area contributed by atoms with Crippen molar-refractivity contribution in [1.82, 2.24) is 49.1 Å². The Balaban J connectivity index is 0.000000169. The predicted molar refractivity (Wildman–Crippen MR) is 284 cm³/mol. The summed E-state index contributed by atoms with van der Waals surface area (Å²) in [5.74, 6) is 1.36. The number of pyridine rings is 2. The summed E-state index contributed by atoms with van der Waals surface area (Å²) in [7, 11) is 0. The monoisotopic (exact) mass is 1120 g/mol. The summed E-state index contributed by atoms with van der Waals surface area (Å²) in [6, 6.07) is 12.7. The van der Waals surface area contributed by atoms with E-state index in [0.29, 0.717) is 75.2 Å². The van der Waals surface area contributed by atoms with E-state index in [-0.39, 0.29) is 49.7 Å². The highest BCUT2D eigenvalue weighted by molar-refractivity contribution is 5.85. The van der Waals surface area contributed by atoms with E-state index >= 15 is 0 Å². The van der Waals surface area contributed by atoms with Gasteiger partial charge in [0.05, 0.1) is 79.5 Å². The molecule has 0 amide bonds. The van der Waals surface area contributed by atoms with Crippen molar-refractivity contribution in [1.29, 1.82) is 0 Å². The molecule has 2 unspecified atom stereocenters. The number of ether oxygens (including phenoxy) is 4. The van der Waals surface area contributed by atoms with E-state index in [1.54, 1.807) is 36.7 Å². The van der Waals surface area contributed by atoms with E-state index in [1.165, 1.54) is 9.80 Å². The highest BCUT2D eigenvalue weighted by Crippen LogP contribution is 2.44. The molecule has 12 rings (SSSR count). The van der Waals surface area contributed by atoms with E-state index in [1.807, 2.05) is 59.9 Å². The summed E-state index contributed by atoms with van der Waals surface area (Å²) in [6.07, 6.45) is 5.02. The second-order valence-corrected chi connectivity index (χ2v) is 22.6. The Morgan fingerprint density at radius 1 is 0.600 bits per heavy atom. The quantitative estimate of drug-likeness (QED) is 0.0861. The van der Waals surface area contributed by atoms with Crippen LogP contribution < -0.4 is 9.47 Å². The van der Waals surface area contributed by atoms with Gasteiger partial charge in [0, 0.05) is 93.4 Å². The Morgan fingerprint density at radius 2 is 1.11 bits per heavy atom. The van der Waals surface area contributed by atoms with Gasteiger partial charge in [0.1, 0.15) is 30.9 Å². The Kier molecular flexibility index (Phi) is 17.0. The minimum Gasteiger partial charge on any atom is -0.491 e. The molecule has 10 heterocycles. The van der Waals surface area contributed by atoms with Gasteiger partial charge in [0.15, 0.2) is 6.23 Å². The third-order valence-electron chi connectivity index (χ3n) is 16.7. The second-order valence-electron chi connectivity index (χ2n) is 22.6. The van der Waals surface area contributed by atoms with Crippen LogP contribution in [-0.2, 0) is 22.3 Å². The molecule has 0 bridgehead atoms. The molecular formula is C58H70F8N10O4. The Bertz CT molecular complexity index is 2890. The number of likely N-dealkylation sites (tertiary alicyclic amines) is 2. The largest absolute Gasteiger partial charge is 0.491 e. The molecule has 6 atom stereocenters. The van der Waals surface area contributed by atoms with Crippen LogP contribution in [0.3, 0.4) is 0 Å². The van der Waals surface area contributed by atoms with Gasteiger partial charge in [-0.1, -0.05) is 12.1 Å². The Hall–Kier alpha value is -5.52. The van der Waals surface area contributed by atoms with Crippen molar-refractivity contribution in [3.8, 4) is 11.5 Å². The number of nitrogens with zero attached hydrogens (tertiary/aromatic N) is 10. The highest BCUT2D eigenvalue weighted by atomic mass is 19.4. The molecule has 0 saturated carbocycles. The van der Waals surface area contributed by atoms with E-state index < -0.39 is 37.5 Å². The van der Waals surface area contributed by atoms with Crippen LogP contribution in [0.4, 0.5) is 35.1 Å². The average molecular weight is 1120 g/mol. The van der Waals surface area contributed by atoms with Crippen molar-refractivity contribution in [3.63, 3.8) is 0 Å². The van der Waals surface area contributed by atoms with Gasteiger partial charge in [0.25, 0.3) is 0 Å². The van der Waals surface area contributed by atoms with Gasteiger partial charge in [0.2, 0.25) is 0 Å². The lowest BCUT2D eigenvalue weighted by atomic mass is 9.85. The summed E-state index contributed by atoms with van der Waals surface area (Å²) in [5, 5.41) is 11.3. The molecule has 2 aromatic carbocycles. The third kappa shape index (κ3) is 12.6. The third-order valence-corrected chi connectivity index (χ3v) is 16.7. The predicted octanol–water partition coefficient (Wildman–Crippen LogP) is 10.6. The van der Waals surface area contributed by atoms with E-state index in [2.05, 4.69) is 24.9 Å². The molecule has 4 aromatic heterocycles. The first-order chi connectivity index (χ1) is 38.6. The lowest BCUT2D eigenvalue weighted by molar-refractivity contribution is -0.156. The number of halogens is 8. The van der Waals surface area contributed by atoms with Gasteiger partial charge in [-0.2, -0.15) is 36.5 Å². The molecule has 22 heteroatoms. The van der Waals surface area contributed by atoms with Crippen LogP contribution in [0.2, 0.25) is 0 Å². The molecular weight excluding hydrogens is 1050 g/mol. The van der Waals surface area contributed by atoms with Gasteiger partial charge in [-0.15, -0.1) is 0 Å². The number of hydrogen-bond acceptors (Lipinski definition) is 12. The fourth-order valence-corrected chi connectivity index (χ4v) is 12.6. The SMILES string of the molecule is C[C@@H]1Cc2c(ccc3c2cnn3C2CCCCO2)[C@@H](c2ccc(OCCN3CC(CF)C3)cn2)N1CC(F)(F)F.C[C@@H]1Cc2c(ccc3nn(C4CCCCO4)cc23)[C@@H](c2ccc(OCCN3CC(CF)C3)cn2)N1CC(F)(F)F. The summed E-state index contributed by atoms with van der Waals surface area (Å²) >= 11 is 0. The van der Waals surface area contributed by atoms with Crippen LogP contribution in [0.1, 0.15) is 111 Å². The highest BCUT2D eigenvalue weighted by Gasteiger charge is 2.44. The lowest BCUT2D eigenvalue weighted by Crippen LogP contribution is -2.49. The molecule has 6 aliphatic rings. The molecule has 0 radical (unpaired) electrons. The number of alkyl halides is 8. The van der Waals surface area contributed by atoms with E-state index in [4.69, 9.17) is 24.0 Å². The molecule has 14 nitrogen and oxygen atoms in total. The first-order valence-corrected chi connectivity index (χ1v) is 28.2. The Labute approximate surface area is 460 Å². The number of rotatable bonds is 16. The van der Waals surface area contributed by atoms with Crippen LogP contribution in [-0.4, -0.2) is 166 Å². The molecule has 6 aliphatic heterocycles. The summed E-state index contributed by atoms with van der Waals surface area (Å²) < 4.78 is 135. The van der Waals surface area contributed by atoms with Crippen molar-refractivity contribution in [3.05, 3.63) is 107 Å². The van der Waals surface area contributed by atoms with Gasteiger partial charge < -0.3 is 18.9 Å². The van der Waals surface area contributed by atoms with E-state index in [9.17, 15) is 35.1 Å². The summed E-state index contributed by atoms with van der Waals surface area (Å²) in [6.45, 7) is 7.69. The zero-order chi connectivity index (χ0) is 55.7. The molecule has 4 saturated heterocycles. The summed E-state index contributed by atoms with van der Waals surface area (Å²) in [5.41, 5.74) is 6.51. The van der Waals surface area contributed by atoms with Crippen LogP contribution in [0.25, 0.3) is 21.8 Å². The Morgan fingerprint density at radius 3 is 1.59 bits per heavy atom. The normalized spacial score (nSPS) is 24.7. The van der Waals surface area contributed by atoms with Crippen LogP contribution >= 0.6 is 0 Å². The van der Waals surface area contributed by atoms with Crippen molar-refractivity contribution in [2.75, 3.05) is 92.1 Å². The molecule has 0 spiro atoms. The van der Waals surface area contributed by atoms with Crippen LogP contribution in [0.5, 0.6) is 11.5 Å². The zero-order valence-corrected chi connectivity index (χ0v) is 45.2. The fraction of sp³-hybridized carbons (Fsp3) is 0.586. The average Bonchev–Trinajstić information content (AvgIpc) is 3.62. The van der Waals surface area contributed by atoms with Crippen molar-refractivity contribution >= 4 is 21.8 Å².